The van der Waals surface area contributed by atoms with Crippen LogP contribution in [-0.2, 0) is 0 Å². The molecule has 0 amide bonds. The number of hydrogen-bond donors (Lipinski definition) is 2. The first-order valence-corrected chi connectivity index (χ1v) is 4.93. The van der Waals surface area contributed by atoms with Gasteiger partial charge < -0.3 is 11.1 Å². The van der Waals surface area contributed by atoms with Crippen molar-refractivity contribution in [3.63, 3.8) is 0 Å². The molecule has 5 nitrogen and oxygen atoms in total. The Bertz CT molecular complexity index is 386. The molecule has 0 atom stereocenters. The Hall–Kier alpha value is -1.21. The normalized spacial score (nSPS) is 10.1. The van der Waals surface area contributed by atoms with E-state index in [1.807, 2.05) is 0 Å². The Morgan fingerprint density at radius 3 is 2.80 bits per heavy atom. The van der Waals surface area contributed by atoms with Crippen LogP contribution in [0.2, 0.25) is 0 Å². The van der Waals surface area contributed by atoms with Crippen molar-refractivity contribution in [1.29, 1.82) is 0 Å². The van der Waals surface area contributed by atoms with E-state index in [4.69, 9.17) is 5.73 Å². The van der Waals surface area contributed by atoms with Gasteiger partial charge in [-0.05, 0) is 15.9 Å². The highest BCUT2D eigenvalue weighted by Gasteiger charge is 2.16. The zero-order valence-corrected chi connectivity index (χ0v) is 9.25. The van der Waals surface area contributed by atoms with Crippen LogP contribution in [0.1, 0.15) is 0 Å². The molecule has 7 heteroatoms. The maximum Gasteiger partial charge on any atom is 0.293 e. The van der Waals surface area contributed by atoms with E-state index in [1.54, 1.807) is 0 Å². The van der Waals surface area contributed by atoms with Gasteiger partial charge in [0.05, 0.1) is 9.40 Å². The first-order chi connectivity index (χ1) is 7.06. The summed E-state index contributed by atoms with van der Waals surface area (Å²) in [5, 5.41) is 13.3. The number of nitrogens with zero attached hydrogens (tertiary/aromatic N) is 1. The van der Waals surface area contributed by atoms with Gasteiger partial charge in [-0.2, -0.15) is 0 Å². The molecule has 3 N–H and O–H groups in total. The predicted molar refractivity (Wildman–Crippen MR) is 58.3 cm³/mol. The summed E-state index contributed by atoms with van der Waals surface area (Å²) in [5.41, 5.74) is 5.18. The minimum absolute atomic E-state index is 0.0625. The Morgan fingerprint density at radius 1 is 1.60 bits per heavy atom. The predicted octanol–water partition coefficient (Wildman–Crippen LogP) is 1.87. The van der Waals surface area contributed by atoms with Crippen LogP contribution in [0.25, 0.3) is 0 Å². The molecule has 0 aliphatic carbocycles. The lowest BCUT2D eigenvalue weighted by atomic mass is 10.2. The monoisotopic (exact) mass is 277 g/mol. The van der Waals surface area contributed by atoms with E-state index in [1.165, 1.54) is 0 Å². The second-order valence-corrected chi connectivity index (χ2v) is 3.61. The largest absolute Gasteiger partial charge is 0.378 e. The summed E-state index contributed by atoms with van der Waals surface area (Å²) in [6.07, 6.45) is 0. The van der Waals surface area contributed by atoms with Crippen LogP contribution in [0.4, 0.5) is 15.8 Å². The highest BCUT2D eigenvalue weighted by Crippen LogP contribution is 2.30. The number of rotatable bonds is 4. The molecule has 1 rings (SSSR count). The van der Waals surface area contributed by atoms with E-state index in [-0.39, 0.29) is 15.8 Å². The van der Waals surface area contributed by atoms with Crippen LogP contribution >= 0.6 is 15.9 Å². The zero-order valence-electron chi connectivity index (χ0n) is 7.67. The summed E-state index contributed by atoms with van der Waals surface area (Å²) in [6, 6.07) is 2.19. The number of nitrogens with two attached hydrogens (primary N) is 1. The number of halogens is 2. The van der Waals surface area contributed by atoms with E-state index in [0.717, 1.165) is 12.1 Å². The summed E-state index contributed by atoms with van der Waals surface area (Å²) < 4.78 is 13.2. The van der Waals surface area contributed by atoms with Gasteiger partial charge in [0.15, 0.2) is 0 Å². The van der Waals surface area contributed by atoms with Crippen molar-refractivity contribution in [2.45, 2.75) is 0 Å². The maximum atomic E-state index is 13.1. The third kappa shape index (κ3) is 2.87. The SMILES string of the molecule is NCCNc1cc(F)c(Br)cc1[N+](=O)[O-]. The Balaban J connectivity index is 3.10. The third-order valence-electron chi connectivity index (χ3n) is 1.70. The van der Waals surface area contributed by atoms with E-state index in [2.05, 4.69) is 21.2 Å². The fraction of sp³-hybridized carbons (Fsp3) is 0.250. The lowest BCUT2D eigenvalue weighted by molar-refractivity contribution is -0.384. The molecule has 0 radical (unpaired) electrons. The van der Waals surface area contributed by atoms with Crippen LogP contribution in [0.5, 0.6) is 0 Å². The molecule has 0 aliphatic rings. The summed E-state index contributed by atoms with van der Waals surface area (Å²) >= 11 is 2.88. The van der Waals surface area contributed by atoms with Gasteiger partial charge in [0, 0.05) is 25.2 Å². The van der Waals surface area contributed by atoms with Crippen LogP contribution in [-0.4, -0.2) is 18.0 Å². The number of anilines is 1. The smallest absolute Gasteiger partial charge is 0.293 e. The van der Waals surface area contributed by atoms with Gasteiger partial charge >= 0.3 is 0 Å². The zero-order chi connectivity index (χ0) is 11.4. The minimum Gasteiger partial charge on any atom is -0.378 e. The first kappa shape index (κ1) is 11.9. The second kappa shape index (κ2) is 5.04. The molecule has 0 unspecified atom stereocenters. The standard InChI is InChI=1S/C8H9BrFN3O2/c9-5-3-8(13(14)15)7(4-6(5)10)12-2-1-11/h3-4,12H,1-2,11H2. The second-order valence-electron chi connectivity index (χ2n) is 2.76. The number of hydrogen-bond acceptors (Lipinski definition) is 4. The molecule has 0 aromatic heterocycles. The fourth-order valence-electron chi connectivity index (χ4n) is 1.04. The van der Waals surface area contributed by atoms with Crippen molar-refractivity contribution in [3.05, 3.63) is 32.5 Å². The Morgan fingerprint density at radius 2 is 2.27 bits per heavy atom. The lowest BCUT2D eigenvalue weighted by Crippen LogP contribution is -2.14. The molecule has 0 heterocycles. The van der Waals surface area contributed by atoms with Gasteiger partial charge in [-0.3, -0.25) is 10.1 Å². The highest BCUT2D eigenvalue weighted by atomic mass is 79.9. The van der Waals surface area contributed by atoms with Gasteiger partial charge in [-0.25, -0.2) is 4.39 Å². The average Bonchev–Trinajstić information content (AvgIpc) is 2.19. The van der Waals surface area contributed by atoms with E-state index < -0.39 is 10.7 Å². The van der Waals surface area contributed by atoms with Crippen molar-refractivity contribution in [2.75, 3.05) is 18.4 Å². The van der Waals surface area contributed by atoms with E-state index in [0.29, 0.717) is 13.1 Å². The molecule has 0 spiro atoms. The van der Waals surface area contributed by atoms with Crippen molar-refractivity contribution < 1.29 is 9.31 Å². The van der Waals surface area contributed by atoms with Crippen molar-refractivity contribution >= 4 is 27.3 Å². The summed E-state index contributed by atoms with van der Waals surface area (Å²) in [4.78, 5) is 10.1. The van der Waals surface area contributed by atoms with Gasteiger partial charge in [-0.1, -0.05) is 0 Å². The molecule has 1 aromatic carbocycles. The lowest BCUT2D eigenvalue weighted by Gasteiger charge is -2.06. The van der Waals surface area contributed by atoms with Gasteiger partial charge in [0.1, 0.15) is 11.5 Å². The van der Waals surface area contributed by atoms with Gasteiger partial charge in [0.2, 0.25) is 0 Å². The maximum absolute atomic E-state index is 13.1. The molecule has 0 aliphatic heterocycles. The fourth-order valence-corrected chi connectivity index (χ4v) is 1.37. The van der Waals surface area contributed by atoms with Crippen molar-refractivity contribution in [2.24, 2.45) is 5.73 Å². The molecule has 1 aromatic rings. The highest BCUT2D eigenvalue weighted by molar-refractivity contribution is 9.10. The topological polar surface area (TPSA) is 81.2 Å². The van der Waals surface area contributed by atoms with Crippen molar-refractivity contribution in [3.8, 4) is 0 Å². The molecule has 0 fully saturated rings. The molecule has 15 heavy (non-hydrogen) atoms. The third-order valence-corrected chi connectivity index (χ3v) is 2.30. The van der Waals surface area contributed by atoms with Crippen molar-refractivity contribution in [1.82, 2.24) is 0 Å². The van der Waals surface area contributed by atoms with Crippen LogP contribution in [0, 0.1) is 15.9 Å². The van der Waals surface area contributed by atoms with Crippen LogP contribution < -0.4 is 11.1 Å². The Labute approximate surface area is 93.7 Å². The number of nitro benzene ring substituents is 1. The Kier molecular flexibility index (Phi) is 3.98. The van der Waals surface area contributed by atoms with Crippen LogP contribution in [0.3, 0.4) is 0 Å². The number of benzene rings is 1. The minimum atomic E-state index is -0.580. The summed E-state index contributed by atoms with van der Waals surface area (Å²) in [7, 11) is 0. The number of nitro groups is 1. The quantitative estimate of drug-likeness (QED) is 0.650. The van der Waals surface area contributed by atoms with E-state index >= 15 is 0 Å². The molecule has 0 saturated heterocycles. The van der Waals surface area contributed by atoms with Gasteiger partial charge in [-0.15, -0.1) is 0 Å². The molecular formula is C8H9BrFN3O2. The molecule has 0 saturated carbocycles. The summed E-state index contributed by atoms with van der Waals surface area (Å²) in [5.74, 6) is -0.555. The number of nitrogens with one attached hydrogen (secondary N) is 1. The summed E-state index contributed by atoms with van der Waals surface area (Å²) in [6.45, 7) is 0.663. The molecule has 82 valence electrons. The van der Waals surface area contributed by atoms with E-state index in [9.17, 15) is 14.5 Å². The molecular weight excluding hydrogens is 269 g/mol. The molecule has 0 bridgehead atoms. The average molecular weight is 278 g/mol. The van der Waals surface area contributed by atoms with Crippen LogP contribution in [0.15, 0.2) is 16.6 Å². The van der Waals surface area contributed by atoms with Gasteiger partial charge in [0.25, 0.3) is 5.69 Å². The first-order valence-electron chi connectivity index (χ1n) is 4.13.